The maximum atomic E-state index is 11.8. The van der Waals surface area contributed by atoms with Gasteiger partial charge in [-0.15, -0.1) is 12.4 Å². The van der Waals surface area contributed by atoms with Crippen molar-refractivity contribution in [2.75, 3.05) is 20.1 Å². The largest absolute Gasteiger partial charge is 0.393 e. The quantitative estimate of drug-likeness (QED) is 0.738. The van der Waals surface area contributed by atoms with E-state index in [1.54, 1.807) is 18.9 Å². The average molecular weight is 239 g/mol. The van der Waals surface area contributed by atoms with Gasteiger partial charge >= 0.3 is 0 Å². The normalized spacial score (nSPS) is 12.9. The zero-order valence-corrected chi connectivity index (χ0v) is 10.8. The Morgan fingerprint density at radius 3 is 2.33 bits per heavy atom. The molecule has 0 heterocycles. The van der Waals surface area contributed by atoms with Crippen molar-refractivity contribution in [3.05, 3.63) is 0 Å². The van der Waals surface area contributed by atoms with Gasteiger partial charge in [-0.2, -0.15) is 0 Å². The van der Waals surface area contributed by atoms with Crippen molar-refractivity contribution in [2.45, 2.75) is 33.3 Å². The van der Waals surface area contributed by atoms with E-state index in [1.165, 1.54) is 0 Å². The van der Waals surface area contributed by atoms with Gasteiger partial charge in [0.2, 0.25) is 5.91 Å². The molecule has 0 fully saturated rings. The summed E-state index contributed by atoms with van der Waals surface area (Å²) in [4.78, 5) is 13.4. The van der Waals surface area contributed by atoms with Crippen LogP contribution in [0, 0.1) is 5.41 Å². The first kappa shape index (κ1) is 17.1. The van der Waals surface area contributed by atoms with Gasteiger partial charge in [0.1, 0.15) is 0 Å². The van der Waals surface area contributed by atoms with E-state index in [9.17, 15) is 4.79 Å². The minimum atomic E-state index is -0.507. The molecule has 4 nitrogen and oxygen atoms in total. The van der Waals surface area contributed by atoms with E-state index in [1.807, 2.05) is 13.8 Å². The van der Waals surface area contributed by atoms with E-state index >= 15 is 0 Å². The molecule has 0 aromatic carbocycles. The van der Waals surface area contributed by atoms with Crippen molar-refractivity contribution in [3.63, 3.8) is 0 Å². The highest BCUT2D eigenvalue weighted by Gasteiger charge is 2.28. The van der Waals surface area contributed by atoms with Gasteiger partial charge in [0.15, 0.2) is 0 Å². The molecule has 0 aliphatic heterocycles. The van der Waals surface area contributed by atoms with Gasteiger partial charge in [-0.3, -0.25) is 4.79 Å². The highest BCUT2D eigenvalue weighted by Crippen LogP contribution is 2.16. The summed E-state index contributed by atoms with van der Waals surface area (Å²) in [6.45, 7) is 6.28. The number of halogens is 1. The fourth-order valence-electron chi connectivity index (χ4n) is 1.09. The first-order valence-corrected chi connectivity index (χ1v) is 4.95. The lowest BCUT2D eigenvalue weighted by Gasteiger charge is -2.28. The molecule has 3 N–H and O–H groups in total. The van der Waals surface area contributed by atoms with Crippen LogP contribution in [-0.4, -0.2) is 42.2 Å². The minimum Gasteiger partial charge on any atom is -0.393 e. The Labute approximate surface area is 98.2 Å². The van der Waals surface area contributed by atoms with Crippen LogP contribution in [-0.2, 0) is 4.79 Å². The maximum absolute atomic E-state index is 11.8. The van der Waals surface area contributed by atoms with Crippen LogP contribution in [0.2, 0.25) is 0 Å². The molecular formula is C10H23ClN2O2. The smallest absolute Gasteiger partial charge is 0.229 e. The van der Waals surface area contributed by atoms with Gasteiger partial charge in [-0.05, 0) is 27.2 Å². The third kappa shape index (κ3) is 5.97. The van der Waals surface area contributed by atoms with Crippen LogP contribution in [0.25, 0.3) is 0 Å². The van der Waals surface area contributed by atoms with Gasteiger partial charge in [0.25, 0.3) is 0 Å². The number of aliphatic hydroxyl groups excluding tert-OH is 1. The number of nitrogens with two attached hydrogens (primary N) is 1. The molecule has 0 aromatic heterocycles. The molecule has 0 saturated heterocycles. The van der Waals surface area contributed by atoms with Crippen LogP contribution in [0.3, 0.4) is 0 Å². The van der Waals surface area contributed by atoms with Crippen LogP contribution in [0.4, 0.5) is 0 Å². The third-order valence-corrected chi connectivity index (χ3v) is 2.32. The van der Waals surface area contributed by atoms with Gasteiger partial charge in [-0.25, -0.2) is 0 Å². The summed E-state index contributed by atoms with van der Waals surface area (Å²) < 4.78 is 0. The summed E-state index contributed by atoms with van der Waals surface area (Å²) >= 11 is 0. The topological polar surface area (TPSA) is 66.6 Å². The minimum absolute atomic E-state index is 0. The second-order valence-corrected chi connectivity index (χ2v) is 4.45. The monoisotopic (exact) mass is 238 g/mol. The predicted octanol–water partition coefficient (Wildman–Crippen LogP) is 0.622. The van der Waals surface area contributed by atoms with E-state index in [0.29, 0.717) is 19.5 Å². The Morgan fingerprint density at radius 1 is 1.53 bits per heavy atom. The third-order valence-electron chi connectivity index (χ3n) is 2.32. The summed E-state index contributed by atoms with van der Waals surface area (Å²) in [5.74, 6) is 0.0284. The lowest BCUT2D eigenvalue weighted by atomic mass is 9.92. The zero-order chi connectivity index (χ0) is 11.4. The Kier molecular flexibility index (Phi) is 8.02. The van der Waals surface area contributed by atoms with E-state index in [2.05, 4.69) is 0 Å². The van der Waals surface area contributed by atoms with Gasteiger partial charge in [-0.1, -0.05) is 0 Å². The number of nitrogens with zero attached hydrogens (tertiary/aromatic N) is 1. The average Bonchev–Trinajstić information content (AvgIpc) is 2.12. The van der Waals surface area contributed by atoms with E-state index in [0.717, 1.165) is 0 Å². The molecule has 5 heteroatoms. The van der Waals surface area contributed by atoms with Crippen molar-refractivity contribution in [1.82, 2.24) is 4.90 Å². The van der Waals surface area contributed by atoms with Gasteiger partial charge < -0.3 is 15.7 Å². The summed E-state index contributed by atoms with van der Waals surface area (Å²) in [6, 6.07) is 0. The van der Waals surface area contributed by atoms with E-state index in [-0.39, 0.29) is 24.4 Å². The maximum Gasteiger partial charge on any atom is 0.229 e. The number of carbonyl (C=O) groups excluding carboxylic acids is 1. The number of carbonyl (C=O) groups is 1. The fraction of sp³-hybridized carbons (Fsp3) is 0.900. The van der Waals surface area contributed by atoms with Crippen molar-refractivity contribution in [3.8, 4) is 0 Å². The Hall–Kier alpha value is -0.320. The SMILES string of the molecule is CC(O)CCN(C)C(=O)C(C)(C)CN.Cl. The molecule has 15 heavy (non-hydrogen) atoms. The number of hydrogen-bond acceptors (Lipinski definition) is 3. The predicted molar refractivity (Wildman–Crippen MR) is 64.0 cm³/mol. The Bertz CT molecular complexity index is 196. The molecule has 1 atom stereocenters. The van der Waals surface area contributed by atoms with Crippen molar-refractivity contribution in [1.29, 1.82) is 0 Å². The second-order valence-electron chi connectivity index (χ2n) is 4.45. The zero-order valence-electron chi connectivity index (χ0n) is 9.99. The van der Waals surface area contributed by atoms with Crippen molar-refractivity contribution in [2.24, 2.45) is 11.1 Å². The molecule has 1 unspecified atom stereocenters. The first-order chi connectivity index (χ1) is 6.31. The first-order valence-electron chi connectivity index (χ1n) is 4.95. The van der Waals surface area contributed by atoms with Crippen LogP contribution in [0.1, 0.15) is 27.2 Å². The molecule has 92 valence electrons. The highest BCUT2D eigenvalue weighted by atomic mass is 35.5. The molecule has 0 spiro atoms. The summed E-state index contributed by atoms with van der Waals surface area (Å²) in [5.41, 5.74) is 5.00. The molecule has 0 bridgehead atoms. The molecule has 0 aromatic rings. The lowest BCUT2D eigenvalue weighted by molar-refractivity contribution is -0.138. The number of amides is 1. The number of hydrogen-bond donors (Lipinski definition) is 2. The number of rotatable bonds is 5. The molecule has 0 radical (unpaired) electrons. The lowest BCUT2D eigenvalue weighted by Crippen LogP contribution is -2.43. The Morgan fingerprint density at radius 2 is 2.00 bits per heavy atom. The standard InChI is InChI=1S/C10H22N2O2.ClH/c1-8(13)5-6-12(4)9(14)10(2,3)7-11;/h8,13H,5-7,11H2,1-4H3;1H. The molecule has 0 aliphatic carbocycles. The van der Waals surface area contributed by atoms with Crippen LogP contribution in [0.5, 0.6) is 0 Å². The van der Waals surface area contributed by atoms with Crippen LogP contribution < -0.4 is 5.73 Å². The molecule has 1 amide bonds. The number of aliphatic hydroxyl groups is 1. The molecule has 0 aliphatic rings. The van der Waals surface area contributed by atoms with Gasteiger partial charge in [0.05, 0.1) is 11.5 Å². The van der Waals surface area contributed by atoms with E-state index < -0.39 is 5.41 Å². The van der Waals surface area contributed by atoms with Gasteiger partial charge in [0, 0.05) is 20.1 Å². The molecular weight excluding hydrogens is 216 g/mol. The van der Waals surface area contributed by atoms with Crippen LogP contribution >= 0.6 is 12.4 Å². The summed E-state index contributed by atoms with van der Waals surface area (Å²) in [5, 5.41) is 9.08. The molecule has 0 rings (SSSR count). The summed E-state index contributed by atoms with van der Waals surface area (Å²) in [6.07, 6.45) is 0.231. The molecule has 0 saturated carbocycles. The highest BCUT2D eigenvalue weighted by molar-refractivity contribution is 5.85. The second kappa shape index (κ2) is 7.04. The summed E-state index contributed by atoms with van der Waals surface area (Å²) in [7, 11) is 1.74. The fourth-order valence-corrected chi connectivity index (χ4v) is 1.09. The van der Waals surface area contributed by atoms with Crippen LogP contribution in [0.15, 0.2) is 0 Å². The van der Waals surface area contributed by atoms with E-state index in [4.69, 9.17) is 10.8 Å². The Balaban J connectivity index is 0. The van der Waals surface area contributed by atoms with Crippen molar-refractivity contribution >= 4 is 18.3 Å². The van der Waals surface area contributed by atoms with Crippen molar-refractivity contribution < 1.29 is 9.90 Å².